The van der Waals surface area contributed by atoms with E-state index in [2.05, 4.69) is 25.3 Å². The number of esters is 1. The van der Waals surface area contributed by atoms with Crippen molar-refractivity contribution in [3.05, 3.63) is 12.7 Å². The van der Waals surface area contributed by atoms with Gasteiger partial charge in [-0.1, -0.05) is 0 Å². The van der Waals surface area contributed by atoms with Crippen LogP contribution >= 0.6 is 11.8 Å². The molecule has 2 rings (SSSR count). The summed E-state index contributed by atoms with van der Waals surface area (Å²) in [5, 5.41) is 3.59. The lowest BCUT2D eigenvalue weighted by molar-refractivity contribution is -0.143. The molecule has 2 heterocycles. The van der Waals surface area contributed by atoms with E-state index in [0.717, 1.165) is 29.1 Å². The van der Waals surface area contributed by atoms with E-state index in [9.17, 15) is 9.59 Å². The average molecular weight is 351 g/mol. The van der Waals surface area contributed by atoms with Gasteiger partial charge in [0, 0.05) is 13.0 Å². The number of ether oxygens (including phenoxy) is 1. The van der Waals surface area contributed by atoms with E-state index >= 15 is 0 Å². The van der Waals surface area contributed by atoms with Crippen molar-refractivity contribution < 1.29 is 14.3 Å². The summed E-state index contributed by atoms with van der Waals surface area (Å²) in [5.74, 6) is 0.535. The molecular formula is C15H21N5O3S. The van der Waals surface area contributed by atoms with Crippen LogP contribution in [0.3, 0.4) is 0 Å². The number of amides is 1. The van der Waals surface area contributed by atoms with Crippen LogP contribution in [0, 0.1) is 0 Å². The van der Waals surface area contributed by atoms with Gasteiger partial charge < -0.3 is 15.0 Å². The standard InChI is InChI=1S/C15H21N5O3S/c1-2-23-12(22)6-7-16-11(21)5-3-4-8-24-15-13-14(18-9-17-13)19-10-20-15/h9-10H,2-8H2,1H3,(H,16,21)(H,17,18,19,20). The third-order valence-corrected chi connectivity index (χ3v) is 4.26. The van der Waals surface area contributed by atoms with Crippen molar-refractivity contribution in [2.45, 2.75) is 37.6 Å². The fraction of sp³-hybridized carbons (Fsp3) is 0.533. The Morgan fingerprint density at radius 2 is 2.12 bits per heavy atom. The first kappa shape index (κ1) is 18.2. The van der Waals surface area contributed by atoms with Gasteiger partial charge in [-0.15, -0.1) is 11.8 Å². The molecule has 0 aliphatic carbocycles. The van der Waals surface area contributed by atoms with E-state index in [-0.39, 0.29) is 18.3 Å². The summed E-state index contributed by atoms with van der Waals surface area (Å²) in [5.41, 5.74) is 1.51. The highest BCUT2D eigenvalue weighted by Gasteiger charge is 2.07. The van der Waals surface area contributed by atoms with Gasteiger partial charge in [0.25, 0.3) is 0 Å². The van der Waals surface area contributed by atoms with Crippen LogP contribution in [-0.4, -0.2) is 50.7 Å². The molecule has 0 radical (unpaired) electrons. The molecule has 24 heavy (non-hydrogen) atoms. The fourth-order valence-corrected chi connectivity index (χ4v) is 2.99. The van der Waals surface area contributed by atoms with E-state index in [1.165, 1.54) is 6.33 Å². The topological polar surface area (TPSA) is 110 Å². The quantitative estimate of drug-likeness (QED) is 0.290. The maximum atomic E-state index is 11.7. The molecule has 0 spiro atoms. The summed E-state index contributed by atoms with van der Waals surface area (Å²) in [6.45, 7) is 2.44. The first-order chi connectivity index (χ1) is 11.7. The molecule has 2 N–H and O–H groups in total. The number of aromatic amines is 1. The van der Waals surface area contributed by atoms with Gasteiger partial charge in [0.05, 0.1) is 19.4 Å². The number of imidazole rings is 1. The SMILES string of the molecule is CCOC(=O)CCNC(=O)CCCCSc1ncnc2nc[nH]c12. The van der Waals surface area contributed by atoms with Crippen LogP contribution in [0.2, 0.25) is 0 Å². The Bertz CT molecular complexity index is 676. The number of nitrogens with zero attached hydrogens (tertiary/aromatic N) is 3. The smallest absolute Gasteiger partial charge is 0.307 e. The largest absolute Gasteiger partial charge is 0.466 e. The third-order valence-electron chi connectivity index (χ3n) is 3.18. The van der Waals surface area contributed by atoms with Crippen LogP contribution in [0.1, 0.15) is 32.6 Å². The summed E-state index contributed by atoms with van der Waals surface area (Å²) in [6.07, 6.45) is 5.45. The van der Waals surface area contributed by atoms with E-state index in [4.69, 9.17) is 4.74 Å². The van der Waals surface area contributed by atoms with Gasteiger partial charge in [0.1, 0.15) is 16.9 Å². The van der Waals surface area contributed by atoms with Crippen molar-refractivity contribution in [1.82, 2.24) is 25.3 Å². The first-order valence-corrected chi connectivity index (χ1v) is 8.88. The molecule has 0 fully saturated rings. The molecule has 8 nitrogen and oxygen atoms in total. The minimum Gasteiger partial charge on any atom is -0.466 e. The maximum absolute atomic E-state index is 11.7. The van der Waals surface area contributed by atoms with E-state index < -0.39 is 0 Å². The molecule has 0 aliphatic rings. The minimum absolute atomic E-state index is 0.0395. The number of hydrogen-bond acceptors (Lipinski definition) is 7. The predicted octanol–water partition coefficient (Wildman–Crippen LogP) is 1.68. The Morgan fingerprint density at radius 1 is 1.25 bits per heavy atom. The third kappa shape index (κ3) is 5.80. The van der Waals surface area contributed by atoms with Gasteiger partial charge >= 0.3 is 5.97 Å². The number of fused-ring (bicyclic) bond motifs is 1. The Morgan fingerprint density at radius 3 is 2.96 bits per heavy atom. The molecule has 0 bridgehead atoms. The molecule has 0 atom stereocenters. The second-order valence-electron chi connectivity index (χ2n) is 4.99. The van der Waals surface area contributed by atoms with E-state index in [0.29, 0.717) is 25.2 Å². The molecule has 9 heteroatoms. The number of carbonyl (C=O) groups is 2. The van der Waals surface area contributed by atoms with E-state index in [1.807, 2.05) is 0 Å². The fourth-order valence-electron chi connectivity index (χ4n) is 2.03. The number of thioether (sulfide) groups is 1. The average Bonchev–Trinajstić information content (AvgIpc) is 3.04. The number of unbranched alkanes of at least 4 members (excludes halogenated alkanes) is 1. The lowest BCUT2D eigenvalue weighted by atomic mass is 10.2. The zero-order valence-corrected chi connectivity index (χ0v) is 14.4. The zero-order valence-electron chi connectivity index (χ0n) is 13.6. The molecule has 0 aromatic carbocycles. The van der Waals surface area contributed by atoms with Crippen molar-refractivity contribution in [3.8, 4) is 0 Å². The lowest BCUT2D eigenvalue weighted by Gasteiger charge is -2.05. The van der Waals surface area contributed by atoms with Crippen molar-refractivity contribution >= 4 is 34.8 Å². The molecule has 1 amide bonds. The number of hydrogen-bond donors (Lipinski definition) is 2. The molecule has 130 valence electrons. The van der Waals surface area contributed by atoms with Crippen LogP contribution in [-0.2, 0) is 14.3 Å². The monoisotopic (exact) mass is 351 g/mol. The zero-order chi connectivity index (χ0) is 17.2. The molecule has 0 saturated carbocycles. The Balaban J connectivity index is 1.57. The molecule has 2 aromatic rings. The Kier molecular flexibility index (Phi) is 7.47. The lowest BCUT2D eigenvalue weighted by Crippen LogP contribution is -2.26. The van der Waals surface area contributed by atoms with Crippen LogP contribution in [0.15, 0.2) is 17.7 Å². The van der Waals surface area contributed by atoms with Crippen molar-refractivity contribution in [2.75, 3.05) is 18.9 Å². The van der Waals surface area contributed by atoms with Gasteiger partial charge in [-0.3, -0.25) is 9.59 Å². The molecular weight excluding hydrogens is 330 g/mol. The second kappa shape index (κ2) is 9.86. The summed E-state index contributed by atoms with van der Waals surface area (Å²) < 4.78 is 4.79. The number of nitrogens with one attached hydrogen (secondary N) is 2. The van der Waals surface area contributed by atoms with E-state index in [1.54, 1.807) is 25.0 Å². The first-order valence-electron chi connectivity index (χ1n) is 7.90. The Labute approximate surface area is 144 Å². The number of H-pyrrole nitrogens is 1. The summed E-state index contributed by atoms with van der Waals surface area (Å²) in [7, 11) is 0. The van der Waals surface area contributed by atoms with Gasteiger partial charge in [-0.25, -0.2) is 15.0 Å². The highest BCUT2D eigenvalue weighted by Crippen LogP contribution is 2.22. The van der Waals surface area contributed by atoms with Crippen LogP contribution < -0.4 is 5.32 Å². The summed E-state index contributed by atoms with van der Waals surface area (Å²) in [4.78, 5) is 38.2. The van der Waals surface area contributed by atoms with Crippen molar-refractivity contribution in [1.29, 1.82) is 0 Å². The normalized spacial score (nSPS) is 10.7. The number of carbonyl (C=O) groups excluding carboxylic acids is 2. The summed E-state index contributed by atoms with van der Waals surface area (Å²) in [6, 6.07) is 0. The van der Waals surface area contributed by atoms with Gasteiger partial charge in [0.2, 0.25) is 5.91 Å². The molecule has 0 aliphatic heterocycles. The number of rotatable bonds is 10. The Hall–Kier alpha value is -2.16. The highest BCUT2D eigenvalue weighted by molar-refractivity contribution is 7.99. The van der Waals surface area contributed by atoms with Crippen molar-refractivity contribution in [2.24, 2.45) is 0 Å². The van der Waals surface area contributed by atoms with Gasteiger partial charge in [-0.2, -0.15) is 0 Å². The second-order valence-corrected chi connectivity index (χ2v) is 6.07. The minimum atomic E-state index is -0.288. The van der Waals surface area contributed by atoms with Crippen LogP contribution in [0.25, 0.3) is 11.2 Å². The molecule has 0 saturated heterocycles. The number of aromatic nitrogens is 4. The molecule has 0 unspecified atom stereocenters. The highest BCUT2D eigenvalue weighted by atomic mass is 32.2. The summed E-state index contributed by atoms with van der Waals surface area (Å²) >= 11 is 1.62. The van der Waals surface area contributed by atoms with Gasteiger partial charge in [-0.05, 0) is 25.5 Å². The predicted molar refractivity (Wildman–Crippen MR) is 90.5 cm³/mol. The van der Waals surface area contributed by atoms with Gasteiger partial charge in [0.15, 0.2) is 5.65 Å². The van der Waals surface area contributed by atoms with Crippen LogP contribution in [0.4, 0.5) is 0 Å². The molecule has 2 aromatic heterocycles. The van der Waals surface area contributed by atoms with Crippen molar-refractivity contribution in [3.63, 3.8) is 0 Å². The maximum Gasteiger partial charge on any atom is 0.307 e. The van der Waals surface area contributed by atoms with Crippen LogP contribution in [0.5, 0.6) is 0 Å².